The normalized spacial score (nSPS) is 11.0. The molecule has 2 N–H and O–H groups in total. The number of carbonyl (C=O) groups excluding carboxylic acids is 1. The number of nitrogens with one attached hydrogen (secondary N) is 1. The second kappa shape index (κ2) is 6.58. The van der Waals surface area contributed by atoms with Crippen molar-refractivity contribution in [2.24, 2.45) is 0 Å². The van der Waals surface area contributed by atoms with Crippen LogP contribution in [0.5, 0.6) is 0 Å². The predicted molar refractivity (Wildman–Crippen MR) is 103 cm³/mol. The molecule has 0 amide bonds. The number of fused-ring (bicyclic) bond motifs is 1. The van der Waals surface area contributed by atoms with Gasteiger partial charge in [0.05, 0.1) is 11.0 Å². The first-order chi connectivity index (χ1) is 12.7. The fourth-order valence-electron chi connectivity index (χ4n) is 3.22. The summed E-state index contributed by atoms with van der Waals surface area (Å²) in [6.45, 7) is 1.59. The highest BCUT2D eigenvalue weighted by atomic mass is 16.3. The first-order valence-electron chi connectivity index (χ1n) is 8.46. The molecule has 128 valence electrons. The summed E-state index contributed by atoms with van der Waals surface area (Å²) in [5.74, 6) is 0.467. The van der Waals surface area contributed by atoms with Crippen LogP contribution in [-0.2, 0) is 0 Å². The van der Waals surface area contributed by atoms with Crippen LogP contribution in [0.1, 0.15) is 15.9 Å². The van der Waals surface area contributed by atoms with Crippen molar-refractivity contribution in [2.75, 3.05) is 6.61 Å². The van der Waals surface area contributed by atoms with E-state index >= 15 is 0 Å². The first kappa shape index (κ1) is 16.2. The quantitative estimate of drug-likeness (QED) is 0.541. The first-order valence-corrected chi connectivity index (χ1v) is 8.46. The molecule has 1 aromatic heterocycles. The van der Waals surface area contributed by atoms with Crippen molar-refractivity contribution < 1.29 is 9.90 Å². The second-order valence-corrected chi connectivity index (χ2v) is 6.24. The summed E-state index contributed by atoms with van der Waals surface area (Å²) in [7, 11) is 0. The molecular formula is C22H18N2O2. The van der Waals surface area contributed by atoms with Gasteiger partial charge in [-0.25, -0.2) is 4.98 Å². The number of hydrogen-bond acceptors (Lipinski definition) is 3. The third-order valence-corrected chi connectivity index (χ3v) is 4.62. The maximum Gasteiger partial charge on any atom is 0.188 e. The average Bonchev–Trinajstić information content (AvgIpc) is 3.11. The molecule has 1 heterocycles. The van der Waals surface area contributed by atoms with E-state index in [0.29, 0.717) is 5.56 Å². The molecule has 0 bridgehead atoms. The van der Waals surface area contributed by atoms with Crippen molar-refractivity contribution >= 4 is 16.8 Å². The van der Waals surface area contributed by atoms with Crippen molar-refractivity contribution in [3.63, 3.8) is 0 Å². The largest absolute Gasteiger partial charge is 0.388 e. The summed E-state index contributed by atoms with van der Waals surface area (Å²) in [4.78, 5) is 19.7. The molecule has 0 radical (unpaired) electrons. The Morgan fingerprint density at radius 1 is 1.00 bits per heavy atom. The fourth-order valence-corrected chi connectivity index (χ4v) is 3.22. The zero-order valence-corrected chi connectivity index (χ0v) is 14.4. The number of aromatic amines is 1. The molecule has 4 rings (SSSR count). The minimum atomic E-state index is -0.495. The molecule has 3 aromatic carbocycles. The van der Waals surface area contributed by atoms with Gasteiger partial charge in [0, 0.05) is 11.1 Å². The van der Waals surface area contributed by atoms with Crippen molar-refractivity contribution in [3.8, 4) is 22.5 Å². The number of ketones is 1. The highest BCUT2D eigenvalue weighted by molar-refractivity contribution is 5.99. The third kappa shape index (κ3) is 2.80. The Bertz CT molecular complexity index is 1100. The lowest BCUT2D eigenvalue weighted by molar-refractivity contribution is 0.0904. The fraction of sp³-hybridized carbons (Fsp3) is 0.0909. The third-order valence-electron chi connectivity index (χ3n) is 4.62. The smallest absolute Gasteiger partial charge is 0.188 e. The Labute approximate surface area is 151 Å². The number of benzene rings is 3. The molecule has 4 heteroatoms. The lowest BCUT2D eigenvalue weighted by atomic mass is 9.96. The van der Waals surface area contributed by atoms with Crippen molar-refractivity contribution in [1.82, 2.24) is 9.97 Å². The number of aromatic nitrogens is 2. The van der Waals surface area contributed by atoms with E-state index in [1.54, 1.807) is 18.2 Å². The monoisotopic (exact) mass is 342 g/mol. The van der Waals surface area contributed by atoms with E-state index in [9.17, 15) is 4.79 Å². The standard InChI is InChI=1S/C22H18N2O2/c1-14-17(15-6-3-2-4-7-15)8-5-9-18(14)22-23-19-11-10-16(21(26)13-25)12-20(19)24-22/h2-12,25H,13H2,1H3,(H,23,24). The Morgan fingerprint density at radius 2 is 1.77 bits per heavy atom. The molecule has 0 aliphatic rings. The highest BCUT2D eigenvalue weighted by Crippen LogP contribution is 2.31. The van der Waals surface area contributed by atoms with Gasteiger partial charge >= 0.3 is 0 Å². The van der Waals surface area contributed by atoms with Crippen LogP contribution in [0.25, 0.3) is 33.5 Å². The van der Waals surface area contributed by atoms with Crippen molar-refractivity contribution in [1.29, 1.82) is 0 Å². The molecule has 0 unspecified atom stereocenters. The van der Waals surface area contributed by atoms with Gasteiger partial charge in [0.25, 0.3) is 0 Å². The minimum Gasteiger partial charge on any atom is -0.388 e. The highest BCUT2D eigenvalue weighted by Gasteiger charge is 2.13. The summed E-state index contributed by atoms with van der Waals surface area (Å²) >= 11 is 0. The topological polar surface area (TPSA) is 66.0 Å². The van der Waals surface area contributed by atoms with Gasteiger partial charge in [-0.1, -0.05) is 48.5 Å². The maximum absolute atomic E-state index is 11.7. The Morgan fingerprint density at radius 3 is 2.54 bits per heavy atom. The molecule has 0 fully saturated rings. The van der Waals surface area contributed by atoms with E-state index < -0.39 is 6.61 Å². The van der Waals surface area contributed by atoms with Gasteiger partial charge in [0.2, 0.25) is 0 Å². The maximum atomic E-state index is 11.7. The molecule has 0 spiro atoms. The van der Waals surface area contributed by atoms with Crippen LogP contribution in [0.15, 0.2) is 66.7 Å². The van der Waals surface area contributed by atoms with Crippen LogP contribution in [0.2, 0.25) is 0 Å². The number of imidazole rings is 1. The van der Waals surface area contributed by atoms with Crippen LogP contribution in [0.4, 0.5) is 0 Å². The number of Topliss-reactive ketones (excluding diaryl/α,β-unsaturated/α-hetero) is 1. The van der Waals surface area contributed by atoms with Gasteiger partial charge in [0.15, 0.2) is 5.78 Å². The van der Waals surface area contributed by atoms with E-state index in [1.807, 2.05) is 30.3 Å². The van der Waals surface area contributed by atoms with E-state index in [4.69, 9.17) is 5.11 Å². The van der Waals surface area contributed by atoms with Crippen LogP contribution in [0.3, 0.4) is 0 Å². The number of hydrogen-bond donors (Lipinski definition) is 2. The minimum absolute atomic E-state index is 0.301. The predicted octanol–water partition coefficient (Wildman–Crippen LogP) is 4.38. The summed E-state index contributed by atoms with van der Waals surface area (Å²) in [6, 6.07) is 21.7. The number of rotatable bonds is 4. The van der Waals surface area contributed by atoms with Crippen LogP contribution >= 0.6 is 0 Å². The van der Waals surface area contributed by atoms with Crippen molar-refractivity contribution in [3.05, 3.63) is 77.9 Å². The molecule has 0 saturated heterocycles. The Hall–Kier alpha value is -3.24. The SMILES string of the molecule is Cc1c(-c2ccccc2)cccc1-c1nc2ccc(C(=O)CO)cc2[nH]1. The molecule has 0 aliphatic carbocycles. The zero-order chi connectivity index (χ0) is 18.1. The average molecular weight is 342 g/mol. The number of H-pyrrole nitrogens is 1. The molecule has 26 heavy (non-hydrogen) atoms. The number of aliphatic hydroxyl groups excluding tert-OH is 1. The van der Waals surface area contributed by atoms with Gasteiger partial charge in [-0.15, -0.1) is 0 Å². The lowest BCUT2D eigenvalue weighted by Crippen LogP contribution is -2.03. The molecule has 4 aromatic rings. The van der Waals surface area contributed by atoms with E-state index in [0.717, 1.165) is 28.0 Å². The lowest BCUT2D eigenvalue weighted by Gasteiger charge is -2.10. The summed E-state index contributed by atoms with van der Waals surface area (Å²) in [6.07, 6.45) is 0. The van der Waals surface area contributed by atoms with Gasteiger partial charge in [-0.05, 0) is 41.8 Å². The van der Waals surface area contributed by atoms with E-state index in [-0.39, 0.29) is 5.78 Å². The molecule has 0 saturated carbocycles. The Balaban J connectivity index is 1.82. The van der Waals surface area contributed by atoms with Gasteiger partial charge < -0.3 is 10.1 Å². The molecular weight excluding hydrogens is 324 g/mol. The number of carbonyl (C=O) groups is 1. The number of aliphatic hydroxyl groups is 1. The summed E-state index contributed by atoms with van der Waals surface area (Å²) in [5, 5.41) is 9.04. The molecule has 0 atom stereocenters. The van der Waals surface area contributed by atoms with Gasteiger partial charge in [0.1, 0.15) is 12.4 Å². The number of nitrogens with zero attached hydrogens (tertiary/aromatic N) is 1. The second-order valence-electron chi connectivity index (χ2n) is 6.24. The van der Waals surface area contributed by atoms with Gasteiger partial charge in [-0.3, -0.25) is 4.79 Å². The van der Waals surface area contributed by atoms with Gasteiger partial charge in [-0.2, -0.15) is 0 Å². The van der Waals surface area contributed by atoms with Crippen molar-refractivity contribution in [2.45, 2.75) is 6.92 Å². The Kier molecular flexibility index (Phi) is 4.11. The van der Waals surface area contributed by atoms with E-state index in [1.165, 1.54) is 11.1 Å². The zero-order valence-electron chi connectivity index (χ0n) is 14.4. The molecule has 4 nitrogen and oxygen atoms in total. The summed E-state index contributed by atoms with van der Waals surface area (Å²) in [5.41, 5.74) is 6.55. The van der Waals surface area contributed by atoms with E-state index in [2.05, 4.69) is 35.1 Å². The van der Waals surface area contributed by atoms with Crippen LogP contribution < -0.4 is 0 Å². The van der Waals surface area contributed by atoms with Crippen LogP contribution in [0, 0.1) is 6.92 Å². The van der Waals surface area contributed by atoms with Crippen LogP contribution in [-0.4, -0.2) is 27.5 Å². The summed E-state index contributed by atoms with van der Waals surface area (Å²) < 4.78 is 0. The molecule has 0 aliphatic heterocycles.